The molecule has 1 amide bonds. The van der Waals surface area contributed by atoms with Crippen LogP contribution in [0.4, 0.5) is 0 Å². The van der Waals surface area contributed by atoms with Gasteiger partial charge in [0.1, 0.15) is 5.75 Å². The lowest BCUT2D eigenvalue weighted by atomic mass is 10.2. The lowest BCUT2D eigenvalue weighted by molar-refractivity contribution is -0.142. The van der Waals surface area contributed by atoms with Crippen molar-refractivity contribution in [2.24, 2.45) is 5.10 Å². The predicted octanol–water partition coefficient (Wildman–Crippen LogP) is 2.62. The zero-order valence-corrected chi connectivity index (χ0v) is 15.2. The first-order valence-corrected chi connectivity index (χ1v) is 9.06. The molecule has 1 N–H and O–H groups in total. The number of amides is 1. The van der Waals surface area contributed by atoms with Gasteiger partial charge in [0.15, 0.2) is 6.61 Å². The summed E-state index contributed by atoms with van der Waals surface area (Å²) in [6, 6.07) is 17.0. The first-order valence-electron chi connectivity index (χ1n) is 7.90. The van der Waals surface area contributed by atoms with Gasteiger partial charge in [0.25, 0.3) is 0 Å². The number of hydrogen-bond donors (Lipinski definition) is 1. The van der Waals surface area contributed by atoms with Gasteiger partial charge in [-0.3, -0.25) is 4.79 Å². The number of thioether (sulfide) groups is 1. The number of nitrogens with one attached hydrogen (secondary N) is 1. The molecule has 0 aliphatic carbocycles. The molecule has 0 unspecified atom stereocenters. The standard InChI is InChI=1S/C19H20N2O4S/c1-24-19(23)12-25-17-9-5-8-16(10-17)11-20-21-18(22)14-26-13-15-6-3-2-4-7-15/h2-11H,12-14H2,1H3,(H,21,22)/b20-11+. The summed E-state index contributed by atoms with van der Waals surface area (Å²) < 4.78 is 9.81. The average molecular weight is 372 g/mol. The number of benzene rings is 2. The molecule has 2 rings (SSSR count). The van der Waals surface area contributed by atoms with E-state index in [1.54, 1.807) is 18.2 Å². The number of hydrogen-bond acceptors (Lipinski definition) is 6. The number of nitrogens with zero attached hydrogens (tertiary/aromatic N) is 1. The molecule has 0 heterocycles. The van der Waals surface area contributed by atoms with Gasteiger partial charge >= 0.3 is 5.97 Å². The molecule has 0 saturated carbocycles. The quantitative estimate of drug-likeness (QED) is 0.416. The fraction of sp³-hybridized carbons (Fsp3) is 0.211. The van der Waals surface area contributed by atoms with E-state index in [1.165, 1.54) is 30.6 Å². The first kappa shape index (κ1) is 19.5. The number of carbonyl (C=O) groups is 2. The number of hydrazone groups is 1. The smallest absolute Gasteiger partial charge is 0.343 e. The maximum Gasteiger partial charge on any atom is 0.343 e. The van der Waals surface area contributed by atoms with E-state index in [9.17, 15) is 9.59 Å². The second kappa shape index (κ2) is 10.9. The van der Waals surface area contributed by atoms with Crippen LogP contribution in [-0.4, -0.2) is 37.6 Å². The van der Waals surface area contributed by atoms with E-state index in [2.05, 4.69) is 15.3 Å². The number of ether oxygens (including phenoxy) is 2. The summed E-state index contributed by atoms with van der Waals surface area (Å²) in [5.74, 6) is 1.00. The Morgan fingerprint density at radius 3 is 2.73 bits per heavy atom. The molecule has 0 radical (unpaired) electrons. The minimum Gasteiger partial charge on any atom is -0.482 e. The van der Waals surface area contributed by atoms with E-state index in [0.29, 0.717) is 11.5 Å². The van der Waals surface area contributed by atoms with E-state index in [1.807, 2.05) is 36.4 Å². The molecule has 2 aromatic rings. The minimum absolute atomic E-state index is 0.160. The molecule has 7 heteroatoms. The zero-order valence-electron chi connectivity index (χ0n) is 14.4. The van der Waals surface area contributed by atoms with Crippen molar-refractivity contribution in [3.63, 3.8) is 0 Å². The number of esters is 1. The Hall–Kier alpha value is -2.80. The summed E-state index contributed by atoms with van der Waals surface area (Å²) in [7, 11) is 1.30. The summed E-state index contributed by atoms with van der Waals surface area (Å²) in [6.45, 7) is -0.160. The molecule has 6 nitrogen and oxygen atoms in total. The number of rotatable bonds is 9. The van der Waals surface area contributed by atoms with Crippen LogP contribution in [0, 0.1) is 0 Å². The zero-order chi connectivity index (χ0) is 18.6. The van der Waals surface area contributed by atoms with Gasteiger partial charge < -0.3 is 9.47 Å². The molecule has 0 bridgehead atoms. The Morgan fingerprint density at radius 1 is 1.15 bits per heavy atom. The SMILES string of the molecule is COC(=O)COc1cccc(/C=N/NC(=O)CSCc2ccccc2)c1. The topological polar surface area (TPSA) is 77.0 Å². The van der Waals surface area contributed by atoms with E-state index < -0.39 is 5.97 Å². The maximum absolute atomic E-state index is 11.8. The molecular formula is C19H20N2O4S. The van der Waals surface area contributed by atoms with Crippen LogP contribution in [0.5, 0.6) is 5.75 Å². The molecule has 0 aliphatic heterocycles. The van der Waals surface area contributed by atoms with Crippen LogP contribution in [-0.2, 0) is 20.1 Å². The van der Waals surface area contributed by atoms with Gasteiger partial charge in [-0.1, -0.05) is 42.5 Å². The minimum atomic E-state index is -0.454. The largest absolute Gasteiger partial charge is 0.482 e. The molecule has 0 spiro atoms. The molecule has 0 aromatic heterocycles. The van der Waals surface area contributed by atoms with Gasteiger partial charge in [-0.15, -0.1) is 11.8 Å². The van der Waals surface area contributed by atoms with E-state index in [4.69, 9.17) is 4.74 Å². The van der Waals surface area contributed by atoms with Gasteiger partial charge in [0, 0.05) is 5.75 Å². The summed E-state index contributed by atoms with van der Waals surface area (Å²) in [5, 5.41) is 3.93. The molecule has 136 valence electrons. The first-order chi connectivity index (χ1) is 12.7. The van der Waals surface area contributed by atoms with Crippen molar-refractivity contribution in [2.75, 3.05) is 19.5 Å². The van der Waals surface area contributed by atoms with Crippen LogP contribution in [0.1, 0.15) is 11.1 Å². The third-order valence-corrected chi connectivity index (χ3v) is 4.19. The van der Waals surface area contributed by atoms with E-state index >= 15 is 0 Å². The predicted molar refractivity (Wildman–Crippen MR) is 102 cm³/mol. The summed E-state index contributed by atoms with van der Waals surface area (Å²) in [6.07, 6.45) is 1.52. The van der Waals surface area contributed by atoms with Crippen LogP contribution in [0.25, 0.3) is 0 Å². The summed E-state index contributed by atoms with van der Waals surface area (Å²) >= 11 is 1.52. The van der Waals surface area contributed by atoms with Gasteiger partial charge in [-0.2, -0.15) is 5.10 Å². The highest BCUT2D eigenvalue weighted by Crippen LogP contribution is 2.12. The third kappa shape index (κ3) is 7.40. The highest BCUT2D eigenvalue weighted by atomic mass is 32.2. The van der Waals surface area contributed by atoms with Crippen molar-refractivity contribution in [1.82, 2.24) is 5.43 Å². The van der Waals surface area contributed by atoms with Crippen molar-refractivity contribution >= 4 is 29.9 Å². The van der Waals surface area contributed by atoms with Gasteiger partial charge in [-0.05, 0) is 23.3 Å². The van der Waals surface area contributed by atoms with Crippen LogP contribution < -0.4 is 10.2 Å². The highest BCUT2D eigenvalue weighted by Gasteiger charge is 2.03. The molecule has 26 heavy (non-hydrogen) atoms. The molecule has 0 fully saturated rings. The summed E-state index contributed by atoms with van der Waals surface area (Å²) in [5.41, 5.74) is 4.41. The fourth-order valence-electron chi connectivity index (χ4n) is 1.93. The van der Waals surface area contributed by atoms with Crippen molar-refractivity contribution in [3.05, 3.63) is 65.7 Å². The van der Waals surface area contributed by atoms with Crippen molar-refractivity contribution < 1.29 is 19.1 Å². The second-order valence-electron chi connectivity index (χ2n) is 5.21. The van der Waals surface area contributed by atoms with Crippen LogP contribution in [0.15, 0.2) is 59.7 Å². The average Bonchev–Trinajstić information content (AvgIpc) is 2.67. The lowest BCUT2D eigenvalue weighted by Gasteiger charge is -2.05. The fourth-order valence-corrected chi connectivity index (χ4v) is 2.71. The summed E-state index contributed by atoms with van der Waals surface area (Å²) in [4.78, 5) is 22.9. The normalized spacial score (nSPS) is 10.5. The number of carbonyl (C=O) groups excluding carboxylic acids is 2. The maximum atomic E-state index is 11.8. The number of methoxy groups -OCH3 is 1. The third-order valence-electron chi connectivity index (χ3n) is 3.19. The molecule has 0 saturated heterocycles. The lowest BCUT2D eigenvalue weighted by Crippen LogP contribution is -2.19. The van der Waals surface area contributed by atoms with Gasteiger partial charge in [0.2, 0.25) is 5.91 Å². The van der Waals surface area contributed by atoms with Crippen molar-refractivity contribution in [2.45, 2.75) is 5.75 Å². The molecule has 0 aliphatic rings. The Balaban J connectivity index is 1.73. The Bertz CT molecular complexity index is 750. The second-order valence-corrected chi connectivity index (χ2v) is 6.19. The highest BCUT2D eigenvalue weighted by molar-refractivity contribution is 7.99. The molecular weight excluding hydrogens is 352 g/mol. The van der Waals surface area contributed by atoms with E-state index in [0.717, 1.165) is 11.3 Å². The molecule has 0 atom stereocenters. The van der Waals surface area contributed by atoms with Gasteiger partial charge in [-0.25, -0.2) is 10.2 Å². The monoisotopic (exact) mass is 372 g/mol. The molecule has 2 aromatic carbocycles. The Morgan fingerprint density at radius 2 is 1.96 bits per heavy atom. The van der Waals surface area contributed by atoms with Crippen molar-refractivity contribution in [3.8, 4) is 5.75 Å². The van der Waals surface area contributed by atoms with Crippen LogP contribution in [0.3, 0.4) is 0 Å². The van der Waals surface area contributed by atoms with Crippen LogP contribution >= 0.6 is 11.8 Å². The van der Waals surface area contributed by atoms with Crippen molar-refractivity contribution in [1.29, 1.82) is 0 Å². The Labute approximate surface area is 156 Å². The Kier molecular flexibility index (Phi) is 8.21. The van der Waals surface area contributed by atoms with E-state index in [-0.39, 0.29) is 12.5 Å². The van der Waals surface area contributed by atoms with Gasteiger partial charge in [0.05, 0.1) is 19.1 Å². The van der Waals surface area contributed by atoms with Crippen LogP contribution in [0.2, 0.25) is 0 Å².